The highest BCUT2D eigenvalue weighted by Crippen LogP contribution is 2.17. The predicted molar refractivity (Wildman–Crippen MR) is 66.6 cm³/mol. The van der Waals surface area contributed by atoms with Crippen LogP contribution in [0.4, 0.5) is 0 Å². The van der Waals surface area contributed by atoms with Crippen LogP contribution in [0.25, 0.3) is 0 Å². The first-order chi connectivity index (χ1) is 8.33. The van der Waals surface area contributed by atoms with Crippen LogP contribution in [0.15, 0.2) is 0 Å². The number of nitrogens with zero attached hydrogens (tertiary/aromatic N) is 1. The Bertz CT molecular complexity index is 366. The van der Waals surface area contributed by atoms with Gasteiger partial charge in [0.2, 0.25) is 17.7 Å². The fraction of sp³-hybridized carbons (Fsp3) is 0.750. The molecule has 1 fully saturated rings. The quantitative estimate of drug-likeness (QED) is 0.649. The van der Waals surface area contributed by atoms with Gasteiger partial charge in [0.25, 0.3) is 0 Å². The summed E-state index contributed by atoms with van der Waals surface area (Å²) < 4.78 is 0. The van der Waals surface area contributed by atoms with E-state index in [1.54, 1.807) is 27.8 Å². The average Bonchev–Trinajstić information content (AvgIpc) is 2.60. The molecule has 1 unspecified atom stereocenters. The van der Waals surface area contributed by atoms with Crippen molar-refractivity contribution < 1.29 is 14.4 Å². The van der Waals surface area contributed by atoms with Gasteiger partial charge in [-0.3, -0.25) is 19.3 Å². The van der Waals surface area contributed by atoms with E-state index in [0.29, 0.717) is 13.1 Å². The fourth-order valence-electron chi connectivity index (χ4n) is 1.97. The van der Waals surface area contributed by atoms with Gasteiger partial charge >= 0.3 is 0 Å². The van der Waals surface area contributed by atoms with Gasteiger partial charge in [0, 0.05) is 20.1 Å². The molecular formula is C12H21N3O3. The van der Waals surface area contributed by atoms with E-state index in [1.165, 1.54) is 4.90 Å². The van der Waals surface area contributed by atoms with E-state index in [-0.39, 0.29) is 24.1 Å². The highest BCUT2D eigenvalue weighted by molar-refractivity contribution is 6.05. The van der Waals surface area contributed by atoms with Crippen LogP contribution in [-0.4, -0.2) is 48.8 Å². The van der Waals surface area contributed by atoms with Crippen molar-refractivity contribution in [3.63, 3.8) is 0 Å². The molecule has 1 aliphatic heterocycles. The second kappa shape index (κ2) is 5.48. The molecular weight excluding hydrogens is 234 g/mol. The van der Waals surface area contributed by atoms with E-state index in [0.717, 1.165) is 0 Å². The van der Waals surface area contributed by atoms with E-state index in [4.69, 9.17) is 0 Å². The van der Waals surface area contributed by atoms with Gasteiger partial charge in [0.05, 0.1) is 17.9 Å². The summed E-state index contributed by atoms with van der Waals surface area (Å²) in [5, 5.41) is 5.59. The number of amides is 3. The minimum atomic E-state index is -0.613. The molecule has 1 atom stereocenters. The Labute approximate surface area is 107 Å². The Balaban J connectivity index is 2.58. The molecule has 0 bridgehead atoms. The molecule has 0 aromatic heterocycles. The second-order valence-corrected chi connectivity index (χ2v) is 5.08. The molecule has 1 rings (SSSR count). The highest BCUT2D eigenvalue weighted by atomic mass is 16.2. The van der Waals surface area contributed by atoms with Crippen molar-refractivity contribution in [1.82, 2.24) is 15.5 Å². The van der Waals surface area contributed by atoms with Crippen LogP contribution >= 0.6 is 0 Å². The summed E-state index contributed by atoms with van der Waals surface area (Å²) in [6.07, 6.45) is 0.177. The van der Waals surface area contributed by atoms with Gasteiger partial charge in [0.1, 0.15) is 0 Å². The van der Waals surface area contributed by atoms with Gasteiger partial charge in [0.15, 0.2) is 0 Å². The van der Waals surface area contributed by atoms with Crippen LogP contribution in [0.5, 0.6) is 0 Å². The second-order valence-electron chi connectivity index (χ2n) is 5.08. The Morgan fingerprint density at radius 2 is 2.06 bits per heavy atom. The van der Waals surface area contributed by atoms with Crippen LogP contribution < -0.4 is 10.6 Å². The first-order valence-corrected chi connectivity index (χ1v) is 6.13. The third-order valence-corrected chi connectivity index (χ3v) is 3.19. The smallest absolute Gasteiger partial charge is 0.246 e. The maximum atomic E-state index is 11.8. The molecule has 0 aliphatic carbocycles. The number of likely N-dealkylation sites (N-methyl/N-ethyl adjacent to an activating group) is 1. The molecule has 102 valence electrons. The highest BCUT2D eigenvalue weighted by Gasteiger charge is 2.38. The molecule has 6 heteroatoms. The zero-order valence-electron chi connectivity index (χ0n) is 11.4. The number of rotatable bonds is 5. The summed E-state index contributed by atoms with van der Waals surface area (Å²) in [6, 6.07) is -0.499. The number of likely N-dealkylation sites (tertiary alicyclic amines) is 1. The molecule has 0 aromatic rings. The normalized spacial score (nSPS) is 20.4. The van der Waals surface area contributed by atoms with E-state index in [9.17, 15) is 14.4 Å². The van der Waals surface area contributed by atoms with Crippen molar-refractivity contribution in [3.05, 3.63) is 0 Å². The molecule has 1 aliphatic rings. The monoisotopic (exact) mass is 255 g/mol. The van der Waals surface area contributed by atoms with Crippen molar-refractivity contribution in [1.29, 1.82) is 0 Å². The molecule has 18 heavy (non-hydrogen) atoms. The number of carbonyl (C=O) groups excluding carboxylic acids is 3. The number of carbonyl (C=O) groups is 3. The van der Waals surface area contributed by atoms with Gasteiger partial charge in [-0.05, 0) is 20.8 Å². The Hall–Kier alpha value is -1.43. The first kappa shape index (κ1) is 14.6. The summed E-state index contributed by atoms with van der Waals surface area (Å²) >= 11 is 0. The van der Waals surface area contributed by atoms with Crippen molar-refractivity contribution in [3.8, 4) is 0 Å². The lowest BCUT2D eigenvalue weighted by molar-refractivity contribution is -0.138. The lowest BCUT2D eigenvalue weighted by Gasteiger charge is -2.24. The van der Waals surface area contributed by atoms with E-state index in [2.05, 4.69) is 10.6 Å². The number of hydrogen-bond acceptors (Lipinski definition) is 4. The van der Waals surface area contributed by atoms with Gasteiger partial charge in [-0.15, -0.1) is 0 Å². The number of imide groups is 1. The van der Waals surface area contributed by atoms with Crippen molar-refractivity contribution in [2.24, 2.45) is 5.41 Å². The maximum absolute atomic E-state index is 11.8. The van der Waals surface area contributed by atoms with Crippen LogP contribution in [0.1, 0.15) is 27.2 Å². The molecule has 1 saturated heterocycles. The number of nitrogens with one attached hydrogen (secondary N) is 2. The van der Waals surface area contributed by atoms with E-state index >= 15 is 0 Å². The Morgan fingerprint density at radius 3 is 2.50 bits per heavy atom. The third-order valence-electron chi connectivity index (χ3n) is 3.19. The summed E-state index contributed by atoms with van der Waals surface area (Å²) in [5.74, 6) is -0.452. The molecule has 0 saturated carbocycles. The van der Waals surface area contributed by atoms with Crippen molar-refractivity contribution in [2.45, 2.75) is 33.2 Å². The lowest BCUT2D eigenvalue weighted by atomic mass is 9.92. The third kappa shape index (κ3) is 2.87. The Kier molecular flexibility index (Phi) is 4.45. The van der Waals surface area contributed by atoms with Crippen molar-refractivity contribution >= 4 is 17.7 Å². The largest absolute Gasteiger partial charge is 0.359 e. The molecule has 2 N–H and O–H groups in total. The van der Waals surface area contributed by atoms with Gasteiger partial charge < -0.3 is 10.6 Å². The van der Waals surface area contributed by atoms with Gasteiger partial charge in [-0.2, -0.15) is 0 Å². The fourth-order valence-corrected chi connectivity index (χ4v) is 1.97. The van der Waals surface area contributed by atoms with E-state index < -0.39 is 11.5 Å². The molecule has 1 heterocycles. The molecule has 3 amide bonds. The zero-order valence-corrected chi connectivity index (χ0v) is 11.4. The molecule has 0 aromatic carbocycles. The number of hydrogen-bond donors (Lipinski definition) is 2. The van der Waals surface area contributed by atoms with Crippen LogP contribution in [-0.2, 0) is 14.4 Å². The summed E-state index contributed by atoms with van der Waals surface area (Å²) in [7, 11) is 1.58. The molecule has 0 radical (unpaired) electrons. The molecule has 0 spiro atoms. The minimum absolute atomic E-state index is 0.0980. The standard InChI is InChI=1S/C12H21N3O3/c1-5-15-9(16)6-8(10(15)17)14-7-12(2,3)11(18)13-4/h8,14H,5-7H2,1-4H3,(H,13,18). The topological polar surface area (TPSA) is 78.5 Å². The van der Waals surface area contributed by atoms with Crippen LogP contribution in [0.3, 0.4) is 0 Å². The van der Waals surface area contributed by atoms with Gasteiger partial charge in [-0.1, -0.05) is 0 Å². The minimum Gasteiger partial charge on any atom is -0.359 e. The summed E-state index contributed by atoms with van der Waals surface area (Å²) in [5.41, 5.74) is -0.613. The Morgan fingerprint density at radius 1 is 1.44 bits per heavy atom. The van der Waals surface area contributed by atoms with Crippen molar-refractivity contribution in [2.75, 3.05) is 20.1 Å². The maximum Gasteiger partial charge on any atom is 0.246 e. The lowest BCUT2D eigenvalue weighted by Crippen LogP contribution is -2.47. The average molecular weight is 255 g/mol. The first-order valence-electron chi connectivity index (χ1n) is 6.13. The molecule has 6 nitrogen and oxygen atoms in total. The summed E-state index contributed by atoms with van der Waals surface area (Å²) in [6.45, 7) is 6.10. The zero-order chi connectivity index (χ0) is 13.9. The van der Waals surface area contributed by atoms with E-state index in [1.807, 2.05) is 0 Å². The summed E-state index contributed by atoms with van der Waals surface area (Å²) in [4.78, 5) is 36.2. The van der Waals surface area contributed by atoms with Crippen LogP contribution in [0.2, 0.25) is 0 Å². The SMILES string of the molecule is CCN1C(=O)CC(NCC(C)(C)C(=O)NC)C1=O. The van der Waals surface area contributed by atoms with Crippen LogP contribution in [0, 0.1) is 5.41 Å². The predicted octanol–water partition coefficient (Wildman–Crippen LogP) is -0.504. The van der Waals surface area contributed by atoms with Gasteiger partial charge in [-0.25, -0.2) is 0 Å².